The topological polar surface area (TPSA) is 49.6 Å². The van der Waals surface area contributed by atoms with E-state index in [-0.39, 0.29) is 5.91 Å². The number of benzene rings is 2. The Bertz CT molecular complexity index is 975. The van der Waals surface area contributed by atoms with Gasteiger partial charge >= 0.3 is 0 Å². The summed E-state index contributed by atoms with van der Waals surface area (Å²) < 4.78 is 5.35. The molecule has 3 aromatic rings. The number of fused-ring (bicyclic) bond motifs is 1. The van der Waals surface area contributed by atoms with E-state index in [1.807, 2.05) is 73.3 Å². The summed E-state index contributed by atoms with van der Waals surface area (Å²) in [6.45, 7) is 2.60. The zero-order valence-corrected chi connectivity index (χ0v) is 15.2. The zero-order valence-electron chi connectivity index (χ0n) is 15.2. The van der Waals surface area contributed by atoms with Crippen molar-refractivity contribution >= 4 is 17.3 Å². The Morgan fingerprint density at radius 2 is 2.00 bits per heavy atom. The van der Waals surface area contributed by atoms with Gasteiger partial charge in [-0.2, -0.15) is 0 Å². The first-order valence-electron chi connectivity index (χ1n) is 8.69. The van der Waals surface area contributed by atoms with Crippen LogP contribution in [0, 0.1) is 6.92 Å². The van der Waals surface area contributed by atoms with E-state index in [4.69, 9.17) is 4.52 Å². The summed E-state index contributed by atoms with van der Waals surface area (Å²) in [5.41, 5.74) is 5.72. The molecule has 5 heteroatoms. The number of aromatic nitrogens is 1. The van der Waals surface area contributed by atoms with E-state index in [0.29, 0.717) is 12.1 Å². The molecule has 132 valence electrons. The maximum absolute atomic E-state index is 13.0. The second kappa shape index (κ2) is 6.33. The van der Waals surface area contributed by atoms with Crippen molar-refractivity contribution in [3.8, 4) is 11.3 Å². The fraction of sp³-hybridized carbons (Fsp3) is 0.238. The Kier molecular flexibility index (Phi) is 3.99. The van der Waals surface area contributed by atoms with E-state index in [2.05, 4.69) is 11.2 Å². The van der Waals surface area contributed by atoms with Crippen LogP contribution in [-0.2, 0) is 6.42 Å². The van der Waals surface area contributed by atoms with Crippen LogP contribution in [-0.4, -0.2) is 31.7 Å². The van der Waals surface area contributed by atoms with Crippen molar-refractivity contribution in [3.63, 3.8) is 0 Å². The number of rotatable bonds is 3. The molecule has 4 rings (SSSR count). The quantitative estimate of drug-likeness (QED) is 0.720. The van der Waals surface area contributed by atoms with Crippen LogP contribution in [0.1, 0.15) is 21.6 Å². The molecule has 1 aliphatic rings. The van der Waals surface area contributed by atoms with E-state index >= 15 is 0 Å². The minimum Gasteiger partial charge on any atom is -0.378 e. The first-order valence-corrected chi connectivity index (χ1v) is 8.69. The SMILES string of the molecule is Cc1cc(-c2ccc3c(c2)CCN3C(=O)c2cccc(N(C)C)c2)on1. The molecule has 1 aromatic heterocycles. The third-order valence-corrected chi connectivity index (χ3v) is 4.74. The van der Waals surface area contributed by atoms with Gasteiger partial charge in [-0.25, -0.2) is 0 Å². The molecule has 2 heterocycles. The van der Waals surface area contributed by atoms with Crippen LogP contribution in [0.25, 0.3) is 11.3 Å². The van der Waals surface area contributed by atoms with Gasteiger partial charge in [-0.05, 0) is 55.3 Å². The number of hydrogen-bond acceptors (Lipinski definition) is 4. The Labute approximate surface area is 152 Å². The average Bonchev–Trinajstić information content (AvgIpc) is 3.26. The molecule has 26 heavy (non-hydrogen) atoms. The van der Waals surface area contributed by atoms with Crippen LogP contribution in [0.15, 0.2) is 53.1 Å². The highest BCUT2D eigenvalue weighted by Gasteiger charge is 2.26. The predicted molar refractivity (Wildman–Crippen MR) is 103 cm³/mol. The first kappa shape index (κ1) is 16.4. The molecular weight excluding hydrogens is 326 g/mol. The molecule has 1 aliphatic heterocycles. The van der Waals surface area contributed by atoms with Gasteiger partial charge in [0.1, 0.15) is 0 Å². The number of aryl methyl sites for hydroxylation is 1. The molecule has 0 atom stereocenters. The van der Waals surface area contributed by atoms with Gasteiger partial charge in [0.05, 0.1) is 5.69 Å². The van der Waals surface area contributed by atoms with Gasteiger partial charge in [-0.15, -0.1) is 0 Å². The van der Waals surface area contributed by atoms with Gasteiger partial charge in [-0.3, -0.25) is 4.79 Å². The Morgan fingerprint density at radius 3 is 2.73 bits per heavy atom. The normalized spacial score (nSPS) is 13.0. The predicted octanol–water partition coefficient (Wildman–Crippen LogP) is 3.92. The maximum Gasteiger partial charge on any atom is 0.258 e. The summed E-state index contributed by atoms with van der Waals surface area (Å²) in [4.78, 5) is 16.9. The molecule has 0 radical (unpaired) electrons. The van der Waals surface area contributed by atoms with Crippen LogP contribution >= 0.6 is 0 Å². The lowest BCUT2D eigenvalue weighted by Gasteiger charge is -2.19. The molecule has 0 saturated carbocycles. The van der Waals surface area contributed by atoms with Crippen molar-refractivity contribution in [2.24, 2.45) is 0 Å². The third-order valence-electron chi connectivity index (χ3n) is 4.74. The molecule has 0 bridgehead atoms. The maximum atomic E-state index is 13.0. The van der Waals surface area contributed by atoms with E-state index in [9.17, 15) is 4.79 Å². The highest BCUT2D eigenvalue weighted by atomic mass is 16.5. The van der Waals surface area contributed by atoms with E-state index in [0.717, 1.165) is 40.4 Å². The van der Waals surface area contributed by atoms with Gasteiger partial charge in [0, 0.05) is 49.2 Å². The van der Waals surface area contributed by atoms with Crippen LogP contribution in [0.2, 0.25) is 0 Å². The van der Waals surface area contributed by atoms with Crippen molar-refractivity contribution in [3.05, 3.63) is 65.4 Å². The molecule has 0 spiro atoms. The van der Waals surface area contributed by atoms with Gasteiger partial charge < -0.3 is 14.3 Å². The monoisotopic (exact) mass is 347 g/mol. The van der Waals surface area contributed by atoms with Crippen molar-refractivity contribution in [1.29, 1.82) is 0 Å². The lowest BCUT2D eigenvalue weighted by molar-refractivity contribution is 0.0989. The highest BCUT2D eigenvalue weighted by Crippen LogP contribution is 2.33. The molecule has 0 saturated heterocycles. The minimum atomic E-state index is 0.0377. The van der Waals surface area contributed by atoms with Gasteiger partial charge in [0.2, 0.25) is 0 Å². The summed E-state index contributed by atoms with van der Waals surface area (Å²) in [5, 5.41) is 3.95. The second-order valence-electron chi connectivity index (χ2n) is 6.83. The number of hydrogen-bond donors (Lipinski definition) is 0. The zero-order chi connectivity index (χ0) is 18.3. The van der Waals surface area contributed by atoms with Crippen molar-refractivity contribution in [2.75, 3.05) is 30.4 Å². The minimum absolute atomic E-state index is 0.0377. The van der Waals surface area contributed by atoms with Crippen molar-refractivity contribution in [1.82, 2.24) is 5.16 Å². The number of anilines is 2. The lowest BCUT2D eigenvalue weighted by atomic mass is 10.1. The molecule has 0 aliphatic carbocycles. The Balaban J connectivity index is 1.63. The number of amides is 1. The fourth-order valence-corrected chi connectivity index (χ4v) is 3.34. The molecule has 2 aromatic carbocycles. The Morgan fingerprint density at radius 1 is 1.15 bits per heavy atom. The van der Waals surface area contributed by atoms with Crippen LogP contribution in [0.4, 0.5) is 11.4 Å². The molecule has 0 unspecified atom stereocenters. The molecule has 5 nitrogen and oxygen atoms in total. The third kappa shape index (κ3) is 2.86. The van der Waals surface area contributed by atoms with E-state index in [1.165, 1.54) is 0 Å². The standard InChI is InChI=1S/C21H21N3O2/c1-14-11-20(26-22-14)16-7-8-19-15(12-16)9-10-24(19)21(25)17-5-4-6-18(13-17)23(2)3/h4-8,11-13H,9-10H2,1-3H3. The van der Waals surface area contributed by atoms with E-state index in [1.54, 1.807) is 0 Å². The van der Waals surface area contributed by atoms with Crippen LogP contribution in [0.5, 0.6) is 0 Å². The Hall–Kier alpha value is -3.08. The van der Waals surface area contributed by atoms with Crippen LogP contribution in [0.3, 0.4) is 0 Å². The highest BCUT2D eigenvalue weighted by molar-refractivity contribution is 6.07. The van der Waals surface area contributed by atoms with Gasteiger partial charge in [0.15, 0.2) is 5.76 Å². The summed E-state index contributed by atoms with van der Waals surface area (Å²) >= 11 is 0. The fourth-order valence-electron chi connectivity index (χ4n) is 3.34. The second-order valence-corrected chi connectivity index (χ2v) is 6.83. The summed E-state index contributed by atoms with van der Waals surface area (Å²) in [7, 11) is 3.95. The average molecular weight is 347 g/mol. The molecule has 0 N–H and O–H groups in total. The largest absolute Gasteiger partial charge is 0.378 e. The first-order chi connectivity index (χ1) is 12.5. The van der Waals surface area contributed by atoms with Gasteiger partial charge in [-0.1, -0.05) is 11.2 Å². The lowest BCUT2D eigenvalue weighted by Crippen LogP contribution is -2.29. The van der Waals surface area contributed by atoms with Crippen molar-refractivity contribution < 1.29 is 9.32 Å². The number of carbonyl (C=O) groups is 1. The molecule has 1 amide bonds. The van der Waals surface area contributed by atoms with Crippen molar-refractivity contribution in [2.45, 2.75) is 13.3 Å². The van der Waals surface area contributed by atoms with E-state index < -0.39 is 0 Å². The number of carbonyl (C=O) groups excluding carboxylic acids is 1. The molecular formula is C21H21N3O2. The smallest absolute Gasteiger partial charge is 0.258 e. The summed E-state index contributed by atoms with van der Waals surface area (Å²) in [5.74, 6) is 0.796. The number of nitrogens with zero attached hydrogens (tertiary/aromatic N) is 3. The summed E-state index contributed by atoms with van der Waals surface area (Å²) in [6.07, 6.45) is 0.843. The molecule has 0 fully saturated rings. The summed E-state index contributed by atoms with van der Waals surface area (Å²) in [6, 6.07) is 15.7. The van der Waals surface area contributed by atoms with Crippen LogP contribution < -0.4 is 9.80 Å². The van der Waals surface area contributed by atoms with Gasteiger partial charge in [0.25, 0.3) is 5.91 Å².